The largest absolute Gasteiger partial charge is 0.508 e. The van der Waals surface area contributed by atoms with Crippen LogP contribution in [-0.2, 0) is 9.63 Å². The summed E-state index contributed by atoms with van der Waals surface area (Å²) >= 11 is 0. The number of phenolic OH excluding ortho intramolecular Hbond substituents is 1. The highest BCUT2D eigenvalue weighted by atomic mass is 16.7. The average molecular weight is 313 g/mol. The number of aromatic hydroxyl groups is 1. The summed E-state index contributed by atoms with van der Waals surface area (Å²) in [5, 5.41) is 13.2. The van der Waals surface area contributed by atoms with Crippen LogP contribution >= 0.6 is 0 Å². The molecule has 23 heavy (non-hydrogen) atoms. The van der Waals surface area contributed by atoms with E-state index < -0.39 is 0 Å². The van der Waals surface area contributed by atoms with Gasteiger partial charge in [-0.25, -0.2) is 4.79 Å². The Bertz CT molecular complexity index is 606. The highest BCUT2D eigenvalue weighted by molar-refractivity contribution is 5.82. The van der Waals surface area contributed by atoms with Gasteiger partial charge in [-0.1, -0.05) is 18.0 Å². The lowest BCUT2D eigenvalue weighted by Crippen LogP contribution is -2.51. The molecular formula is C19H23NO3. The van der Waals surface area contributed by atoms with Gasteiger partial charge in [0, 0.05) is 0 Å². The van der Waals surface area contributed by atoms with Gasteiger partial charge in [0.2, 0.25) is 0 Å². The molecule has 2 atom stereocenters. The third-order valence-corrected chi connectivity index (χ3v) is 6.24. The van der Waals surface area contributed by atoms with E-state index in [9.17, 15) is 9.90 Å². The third-order valence-electron chi connectivity index (χ3n) is 6.24. The monoisotopic (exact) mass is 313 g/mol. The fourth-order valence-electron chi connectivity index (χ4n) is 5.22. The molecule has 3 aliphatic rings. The van der Waals surface area contributed by atoms with Gasteiger partial charge in [0.15, 0.2) is 0 Å². The summed E-state index contributed by atoms with van der Waals surface area (Å²) in [6.07, 6.45) is 9.76. The SMILES string of the molecule is O=C(O/N=C/c1ccc(O)cc1)C12CC3CCC1CCC(C3)C2. The van der Waals surface area contributed by atoms with Gasteiger partial charge in [-0.15, -0.1) is 0 Å². The minimum atomic E-state index is -0.267. The predicted octanol–water partition coefficient (Wildman–Crippen LogP) is 3.88. The van der Waals surface area contributed by atoms with Crippen molar-refractivity contribution >= 4 is 12.2 Å². The maximum atomic E-state index is 12.8. The van der Waals surface area contributed by atoms with Gasteiger partial charge >= 0.3 is 5.97 Å². The number of fused-ring (bicyclic) bond motifs is 2. The molecule has 3 saturated carbocycles. The molecule has 0 heterocycles. The Kier molecular flexibility index (Phi) is 3.63. The fraction of sp³-hybridized carbons (Fsp3) is 0.579. The topological polar surface area (TPSA) is 58.9 Å². The van der Waals surface area contributed by atoms with E-state index in [0.29, 0.717) is 17.8 Å². The highest BCUT2D eigenvalue weighted by Crippen LogP contribution is 2.60. The van der Waals surface area contributed by atoms with Crippen molar-refractivity contribution in [2.75, 3.05) is 0 Å². The molecule has 1 N–H and O–H groups in total. The lowest BCUT2D eigenvalue weighted by atomic mass is 9.49. The van der Waals surface area contributed by atoms with Crippen molar-refractivity contribution in [2.24, 2.45) is 28.3 Å². The van der Waals surface area contributed by atoms with Crippen LogP contribution in [0.2, 0.25) is 0 Å². The summed E-state index contributed by atoms with van der Waals surface area (Å²) in [4.78, 5) is 18.1. The number of rotatable bonds is 3. The van der Waals surface area contributed by atoms with Crippen LogP contribution < -0.4 is 0 Å². The summed E-state index contributed by atoms with van der Waals surface area (Å²) in [7, 11) is 0. The number of hydrogen-bond acceptors (Lipinski definition) is 4. The lowest BCUT2D eigenvalue weighted by Gasteiger charge is -2.54. The Morgan fingerprint density at radius 1 is 1.13 bits per heavy atom. The van der Waals surface area contributed by atoms with Crippen LogP contribution in [-0.4, -0.2) is 17.3 Å². The molecule has 0 amide bonds. The molecule has 1 aromatic rings. The van der Waals surface area contributed by atoms with E-state index in [2.05, 4.69) is 5.16 Å². The molecule has 3 aliphatic carbocycles. The molecule has 0 radical (unpaired) electrons. The third kappa shape index (κ3) is 2.64. The van der Waals surface area contributed by atoms with E-state index in [1.54, 1.807) is 24.3 Å². The van der Waals surface area contributed by atoms with E-state index in [-0.39, 0.29) is 17.1 Å². The van der Waals surface area contributed by atoms with Gasteiger partial charge in [0.1, 0.15) is 5.75 Å². The highest BCUT2D eigenvalue weighted by Gasteiger charge is 2.56. The van der Waals surface area contributed by atoms with Crippen molar-refractivity contribution in [1.82, 2.24) is 0 Å². The molecule has 4 rings (SSSR count). The Morgan fingerprint density at radius 3 is 2.43 bits per heavy atom. The Hall–Kier alpha value is -1.84. The number of oxime groups is 1. The minimum absolute atomic E-state index is 0.119. The molecule has 1 aromatic carbocycles. The first kappa shape index (κ1) is 14.7. The van der Waals surface area contributed by atoms with Crippen LogP contribution in [0.1, 0.15) is 50.5 Å². The minimum Gasteiger partial charge on any atom is -0.508 e. The number of hydrogen-bond donors (Lipinski definition) is 1. The molecule has 4 heteroatoms. The summed E-state index contributed by atoms with van der Waals surface area (Å²) < 4.78 is 0. The van der Waals surface area contributed by atoms with Crippen LogP contribution in [0.15, 0.2) is 29.4 Å². The maximum absolute atomic E-state index is 12.8. The van der Waals surface area contributed by atoms with Crippen molar-refractivity contribution in [3.63, 3.8) is 0 Å². The first-order valence-electron chi connectivity index (χ1n) is 8.69. The van der Waals surface area contributed by atoms with Gasteiger partial charge in [0.25, 0.3) is 0 Å². The molecule has 0 spiro atoms. The Labute approximate surface area is 136 Å². The zero-order valence-electron chi connectivity index (χ0n) is 13.3. The molecule has 0 saturated heterocycles. The van der Waals surface area contributed by atoms with Gasteiger partial charge in [-0.05, 0) is 79.7 Å². The zero-order chi connectivity index (χ0) is 15.9. The molecule has 122 valence electrons. The van der Waals surface area contributed by atoms with E-state index in [1.165, 1.54) is 38.3 Å². The number of carbonyl (C=O) groups excluding carboxylic acids is 1. The van der Waals surface area contributed by atoms with Crippen LogP contribution in [0.4, 0.5) is 0 Å². The van der Waals surface area contributed by atoms with Crippen molar-refractivity contribution < 1.29 is 14.7 Å². The Morgan fingerprint density at radius 2 is 1.78 bits per heavy atom. The summed E-state index contributed by atoms with van der Waals surface area (Å²) in [5.41, 5.74) is 0.538. The van der Waals surface area contributed by atoms with Crippen LogP contribution in [0, 0.1) is 23.2 Å². The van der Waals surface area contributed by atoms with Gasteiger partial charge in [-0.3, -0.25) is 0 Å². The smallest absolute Gasteiger partial charge is 0.341 e. The zero-order valence-corrected chi connectivity index (χ0v) is 13.3. The van der Waals surface area contributed by atoms with Gasteiger partial charge in [0.05, 0.1) is 11.6 Å². The van der Waals surface area contributed by atoms with Gasteiger partial charge in [-0.2, -0.15) is 0 Å². The second-order valence-corrected chi connectivity index (χ2v) is 7.59. The predicted molar refractivity (Wildman–Crippen MR) is 87.0 cm³/mol. The normalized spacial score (nSPS) is 35.4. The second-order valence-electron chi connectivity index (χ2n) is 7.59. The Balaban J connectivity index is 1.47. The fourth-order valence-corrected chi connectivity index (χ4v) is 5.22. The summed E-state index contributed by atoms with van der Waals surface area (Å²) in [6.45, 7) is 0. The molecule has 2 unspecified atom stereocenters. The van der Waals surface area contributed by atoms with Crippen LogP contribution in [0.25, 0.3) is 0 Å². The summed E-state index contributed by atoms with van der Waals surface area (Å²) in [5.74, 6) is 2.00. The molecule has 0 aliphatic heterocycles. The number of nitrogens with zero attached hydrogens (tertiary/aromatic N) is 1. The van der Waals surface area contributed by atoms with Crippen molar-refractivity contribution in [1.29, 1.82) is 0 Å². The second kappa shape index (κ2) is 5.66. The van der Waals surface area contributed by atoms with Crippen LogP contribution in [0.3, 0.4) is 0 Å². The molecule has 3 fully saturated rings. The molecule has 0 aromatic heterocycles. The van der Waals surface area contributed by atoms with Gasteiger partial charge < -0.3 is 9.94 Å². The maximum Gasteiger partial charge on any atom is 0.341 e. The van der Waals surface area contributed by atoms with Crippen molar-refractivity contribution in [3.05, 3.63) is 29.8 Å². The number of benzene rings is 1. The van der Waals surface area contributed by atoms with E-state index in [0.717, 1.165) is 18.4 Å². The summed E-state index contributed by atoms with van der Waals surface area (Å²) in [6, 6.07) is 6.66. The first-order chi connectivity index (χ1) is 11.2. The van der Waals surface area contributed by atoms with E-state index in [1.807, 2.05) is 0 Å². The number of phenols is 1. The first-order valence-corrected chi connectivity index (χ1v) is 8.69. The van der Waals surface area contributed by atoms with Crippen LogP contribution in [0.5, 0.6) is 5.75 Å². The quantitative estimate of drug-likeness (QED) is 0.523. The lowest BCUT2D eigenvalue weighted by molar-refractivity contribution is -0.174. The molecule has 3 bridgehead atoms. The molecule has 4 nitrogen and oxygen atoms in total. The average Bonchev–Trinajstić information content (AvgIpc) is 2.54. The van der Waals surface area contributed by atoms with E-state index >= 15 is 0 Å². The number of carbonyl (C=O) groups is 1. The molecular weight excluding hydrogens is 290 g/mol. The van der Waals surface area contributed by atoms with Crippen molar-refractivity contribution in [3.8, 4) is 5.75 Å². The standard InChI is InChI=1S/C19H23NO3/c21-17-7-3-13(4-8-17)12-20-23-18(22)19-10-14-1-5-16(19)6-2-15(9-14)11-19/h3-4,7-8,12,14-16,21H,1-2,5-6,9-11H2/b20-12+. The van der Waals surface area contributed by atoms with Crippen molar-refractivity contribution in [2.45, 2.75) is 44.9 Å². The van der Waals surface area contributed by atoms with E-state index in [4.69, 9.17) is 4.84 Å².